The molecule has 1 heterocycles. The first kappa shape index (κ1) is 20.1. The molecule has 0 unspecified atom stereocenters. The van der Waals surface area contributed by atoms with Gasteiger partial charge in [0, 0.05) is 18.2 Å². The topological polar surface area (TPSA) is 115 Å². The van der Waals surface area contributed by atoms with Crippen molar-refractivity contribution in [3.63, 3.8) is 0 Å². The highest BCUT2D eigenvalue weighted by Crippen LogP contribution is 2.31. The lowest BCUT2D eigenvalue weighted by atomic mass is 9.99. The molecule has 3 aromatic rings. The van der Waals surface area contributed by atoms with Crippen LogP contribution in [0, 0.1) is 10.1 Å². The van der Waals surface area contributed by atoms with Gasteiger partial charge in [-0.1, -0.05) is 24.3 Å². The van der Waals surface area contributed by atoms with Crippen molar-refractivity contribution >= 4 is 11.7 Å². The molecule has 0 aliphatic rings. The van der Waals surface area contributed by atoms with E-state index in [-0.39, 0.29) is 12.3 Å². The second-order valence-corrected chi connectivity index (χ2v) is 6.28. The van der Waals surface area contributed by atoms with E-state index >= 15 is 0 Å². The standard InChI is InChI=1S/C21H19N3O5/c1-29-21(26)16-7-4-6-14(12-16)20-15(8-5-11-25)13-18(22-23-20)17-9-2-3-10-19(17)24(27)28/h2-4,6-7,9-10,12-13,25H,5,8,11H2,1H3. The van der Waals surface area contributed by atoms with E-state index in [4.69, 9.17) is 4.74 Å². The molecule has 0 aliphatic carbocycles. The minimum atomic E-state index is -0.465. The summed E-state index contributed by atoms with van der Waals surface area (Å²) in [6.07, 6.45) is 0.989. The van der Waals surface area contributed by atoms with E-state index in [0.717, 1.165) is 5.56 Å². The van der Waals surface area contributed by atoms with Crippen molar-refractivity contribution in [2.45, 2.75) is 12.8 Å². The van der Waals surface area contributed by atoms with E-state index < -0.39 is 10.9 Å². The Kier molecular flexibility index (Phi) is 6.25. The third-order valence-electron chi connectivity index (χ3n) is 4.41. The van der Waals surface area contributed by atoms with Crippen LogP contribution in [-0.2, 0) is 11.2 Å². The fraction of sp³-hybridized carbons (Fsp3) is 0.190. The number of hydrogen-bond acceptors (Lipinski definition) is 7. The number of benzene rings is 2. The first-order chi connectivity index (χ1) is 14.0. The van der Waals surface area contributed by atoms with Crippen molar-refractivity contribution in [3.8, 4) is 22.5 Å². The number of ether oxygens (including phenoxy) is 1. The number of aryl methyl sites for hydroxylation is 1. The molecule has 0 spiro atoms. The monoisotopic (exact) mass is 393 g/mol. The van der Waals surface area contributed by atoms with Crippen LogP contribution in [0.5, 0.6) is 0 Å². The first-order valence-electron chi connectivity index (χ1n) is 8.95. The van der Waals surface area contributed by atoms with Gasteiger partial charge in [0.15, 0.2) is 0 Å². The molecule has 0 radical (unpaired) electrons. The molecular weight excluding hydrogens is 374 g/mol. The summed E-state index contributed by atoms with van der Waals surface area (Å²) in [7, 11) is 1.31. The van der Waals surface area contributed by atoms with Gasteiger partial charge in [-0.25, -0.2) is 4.79 Å². The summed E-state index contributed by atoms with van der Waals surface area (Å²) in [6, 6.07) is 14.9. The highest BCUT2D eigenvalue weighted by molar-refractivity contribution is 5.91. The number of carbonyl (C=O) groups excluding carboxylic acids is 1. The normalized spacial score (nSPS) is 10.6. The van der Waals surface area contributed by atoms with E-state index in [1.165, 1.54) is 13.2 Å². The zero-order valence-electron chi connectivity index (χ0n) is 15.7. The Bertz CT molecular complexity index is 1050. The van der Waals surface area contributed by atoms with Gasteiger partial charge in [-0.05, 0) is 42.7 Å². The van der Waals surface area contributed by atoms with Crippen molar-refractivity contribution in [1.29, 1.82) is 0 Å². The van der Waals surface area contributed by atoms with Crippen LogP contribution in [0.2, 0.25) is 0 Å². The molecule has 0 atom stereocenters. The molecular formula is C21H19N3O5. The lowest BCUT2D eigenvalue weighted by Gasteiger charge is -2.11. The third-order valence-corrected chi connectivity index (χ3v) is 4.41. The van der Waals surface area contributed by atoms with Crippen molar-refractivity contribution in [3.05, 3.63) is 75.8 Å². The highest BCUT2D eigenvalue weighted by atomic mass is 16.6. The molecule has 8 heteroatoms. The van der Waals surface area contributed by atoms with Gasteiger partial charge < -0.3 is 9.84 Å². The second kappa shape index (κ2) is 9.03. The third kappa shape index (κ3) is 4.44. The molecule has 0 aliphatic heterocycles. The Labute approximate surface area is 167 Å². The molecule has 148 valence electrons. The Hall–Kier alpha value is -3.65. The molecule has 3 rings (SSSR count). The van der Waals surface area contributed by atoms with E-state index in [2.05, 4.69) is 10.2 Å². The molecule has 0 saturated heterocycles. The Balaban J connectivity index is 2.11. The minimum absolute atomic E-state index is 0.00915. The number of nitro groups is 1. The van der Waals surface area contributed by atoms with Crippen LogP contribution in [0.15, 0.2) is 54.6 Å². The van der Waals surface area contributed by atoms with Crippen LogP contribution in [0.3, 0.4) is 0 Å². The van der Waals surface area contributed by atoms with Crippen molar-refractivity contribution in [1.82, 2.24) is 10.2 Å². The average molecular weight is 393 g/mol. The fourth-order valence-electron chi connectivity index (χ4n) is 3.03. The summed E-state index contributed by atoms with van der Waals surface area (Å²) < 4.78 is 4.76. The number of aliphatic hydroxyl groups is 1. The fourth-order valence-corrected chi connectivity index (χ4v) is 3.03. The maximum atomic E-state index is 11.8. The lowest BCUT2D eigenvalue weighted by Crippen LogP contribution is -2.03. The van der Waals surface area contributed by atoms with Gasteiger partial charge in [0.1, 0.15) is 5.69 Å². The van der Waals surface area contributed by atoms with Crippen molar-refractivity contribution in [2.75, 3.05) is 13.7 Å². The highest BCUT2D eigenvalue weighted by Gasteiger charge is 2.18. The molecule has 0 bridgehead atoms. The van der Waals surface area contributed by atoms with Gasteiger partial charge in [0.2, 0.25) is 0 Å². The molecule has 1 N–H and O–H groups in total. The van der Waals surface area contributed by atoms with Crippen LogP contribution in [0.1, 0.15) is 22.3 Å². The first-order valence-corrected chi connectivity index (χ1v) is 8.95. The summed E-state index contributed by atoms with van der Waals surface area (Å²) in [5.74, 6) is -0.465. The molecule has 0 amide bonds. The van der Waals surface area contributed by atoms with E-state index in [1.54, 1.807) is 48.5 Å². The summed E-state index contributed by atoms with van der Waals surface area (Å²) in [4.78, 5) is 22.7. The van der Waals surface area contributed by atoms with Crippen LogP contribution in [0.25, 0.3) is 22.5 Å². The van der Waals surface area contributed by atoms with Gasteiger partial charge in [-0.15, -0.1) is 10.2 Å². The smallest absolute Gasteiger partial charge is 0.337 e. The Morgan fingerprint density at radius 2 is 1.93 bits per heavy atom. The average Bonchev–Trinajstić information content (AvgIpc) is 2.77. The summed E-state index contributed by atoms with van der Waals surface area (Å²) in [5.41, 5.74) is 3.04. The molecule has 8 nitrogen and oxygen atoms in total. The van der Waals surface area contributed by atoms with Gasteiger partial charge in [0.25, 0.3) is 5.69 Å². The Morgan fingerprint density at radius 3 is 2.66 bits per heavy atom. The summed E-state index contributed by atoms with van der Waals surface area (Å²) >= 11 is 0. The molecule has 0 saturated carbocycles. The van der Waals surface area contributed by atoms with E-state index in [9.17, 15) is 20.0 Å². The summed E-state index contributed by atoms with van der Waals surface area (Å²) in [5, 5.41) is 29.1. The van der Waals surface area contributed by atoms with Crippen LogP contribution < -0.4 is 0 Å². The van der Waals surface area contributed by atoms with Crippen LogP contribution >= 0.6 is 0 Å². The molecule has 29 heavy (non-hydrogen) atoms. The molecule has 2 aromatic carbocycles. The van der Waals surface area contributed by atoms with Crippen LogP contribution in [0.4, 0.5) is 5.69 Å². The lowest BCUT2D eigenvalue weighted by molar-refractivity contribution is -0.384. The van der Waals surface area contributed by atoms with Crippen molar-refractivity contribution in [2.24, 2.45) is 0 Å². The zero-order chi connectivity index (χ0) is 20.8. The number of esters is 1. The predicted molar refractivity (Wildman–Crippen MR) is 106 cm³/mol. The minimum Gasteiger partial charge on any atom is -0.465 e. The Morgan fingerprint density at radius 1 is 1.14 bits per heavy atom. The van der Waals surface area contributed by atoms with Crippen molar-refractivity contribution < 1.29 is 19.6 Å². The van der Waals surface area contributed by atoms with E-state index in [1.807, 2.05) is 0 Å². The van der Waals surface area contributed by atoms with Gasteiger partial charge in [-0.2, -0.15) is 0 Å². The number of nitro benzene ring substituents is 1. The maximum absolute atomic E-state index is 11.8. The zero-order valence-corrected chi connectivity index (χ0v) is 15.7. The summed E-state index contributed by atoms with van der Waals surface area (Å²) in [6.45, 7) is -0.00915. The number of hydrogen-bond donors (Lipinski definition) is 1. The van der Waals surface area contributed by atoms with Gasteiger partial charge >= 0.3 is 5.97 Å². The van der Waals surface area contributed by atoms with Gasteiger partial charge in [0.05, 0.1) is 28.9 Å². The number of methoxy groups -OCH3 is 1. The molecule has 0 fully saturated rings. The predicted octanol–water partition coefficient (Wildman–Crippen LogP) is 3.43. The number of carbonyl (C=O) groups is 1. The van der Waals surface area contributed by atoms with Gasteiger partial charge in [-0.3, -0.25) is 10.1 Å². The second-order valence-electron chi connectivity index (χ2n) is 6.28. The maximum Gasteiger partial charge on any atom is 0.337 e. The largest absolute Gasteiger partial charge is 0.465 e. The number of rotatable bonds is 7. The molecule has 1 aromatic heterocycles. The number of nitrogens with zero attached hydrogens (tertiary/aromatic N) is 3. The SMILES string of the molecule is COC(=O)c1cccc(-c2nnc(-c3ccccc3[N+](=O)[O-])cc2CCCO)c1. The number of aliphatic hydroxyl groups excluding tert-OH is 1. The number of aromatic nitrogens is 2. The van der Waals surface area contributed by atoms with E-state index in [0.29, 0.717) is 40.9 Å². The quantitative estimate of drug-likeness (QED) is 0.371. The van der Waals surface area contributed by atoms with Crippen LogP contribution in [-0.4, -0.2) is 39.9 Å². The number of para-hydroxylation sites is 1.